The van der Waals surface area contributed by atoms with Crippen LogP contribution >= 0.6 is 11.3 Å². The lowest BCUT2D eigenvalue weighted by Crippen LogP contribution is -2.17. The smallest absolute Gasteiger partial charge is 0.411 e. The van der Waals surface area contributed by atoms with Gasteiger partial charge in [-0.05, 0) is 13.8 Å². The molecule has 0 radical (unpaired) electrons. The van der Waals surface area contributed by atoms with Crippen molar-refractivity contribution < 1.29 is 19.1 Å². The van der Waals surface area contributed by atoms with Gasteiger partial charge in [-0.25, -0.2) is 9.59 Å². The van der Waals surface area contributed by atoms with Crippen LogP contribution in [0.1, 0.15) is 13.8 Å². The molecule has 0 bridgehead atoms. The number of anilines is 2. The van der Waals surface area contributed by atoms with E-state index in [-0.39, 0.29) is 13.2 Å². The summed E-state index contributed by atoms with van der Waals surface area (Å²) in [6, 6.07) is 0. The van der Waals surface area contributed by atoms with E-state index in [0.29, 0.717) is 11.4 Å². The van der Waals surface area contributed by atoms with Crippen LogP contribution in [0.3, 0.4) is 0 Å². The number of carbonyl (C=O) groups is 2. The number of nitrogens with one attached hydrogen (secondary N) is 2. The standard InChI is InChI=1S/C10H14N2O4S/c1-3-15-9(13)11-7-5-17-6-8(7)12-10(14)16-4-2/h5-6H,3-4H2,1-2H3,(H,11,13)(H,12,14). The molecule has 17 heavy (non-hydrogen) atoms. The van der Waals surface area contributed by atoms with Gasteiger partial charge in [0, 0.05) is 10.8 Å². The lowest BCUT2D eigenvalue weighted by molar-refractivity contribution is 0.166. The van der Waals surface area contributed by atoms with Crippen molar-refractivity contribution in [1.29, 1.82) is 0 Å². The molecule has 1 rings (SSSR count). The molecular weight excluding hydrogens is 244 g/mol. The van der Waals surface area contributed by atoms with Gasteiger partial charge in [-0.3, -0.25) is 10.6 Å². The number of thiophene rings is 1. The Bertz CT molecular complexity index is 357. The minimum atomic E-state index is -0.558. The summed E-state index contributed by atoms with van der Waals surface area (Å²) in [5.41, 5.74) is 0.975. The fourth-order valence-electron chi connectivity index (χ4n) is 1.04. The maximum Gasteiger partial charge on any atom is 0.411 e. The predicted octanol–water partition coefficient (Wildman–Crippen LogP) is 2.88. The number of amides is 2. The van der Waals surface area contributed by atoms with Gasteiger partial charge in [0.1, 0.15) is 0 Å². The van der Waals surface area contributed by atoms with Gasteiger partial charge in [0.25, 0.3) is 0 Å². The summed E-state index contributed by atoms with van der Waals surface area (Å²) in [4.78, 5) is 22.4. The molecule has 0 spiro atoms. The highest BCUT2D eigenvalue weighted by Crippen LogP contribution is 2.26. The molecule has 0 aromatic carbocycles. The van der Waals surface area contributed by atoms with Crippen LogP contribution in [0.2, 0.25) is 0 Å². The van der Waals surface area contributed by atoms with Crippen LogP contribution in [0, 0.1) is 0 Å². The Balaban J connectivity index is 2.59. The molecule has 0 atom stereocenters. The Morgan fingerprint density at radius 2 is 1.47 bits per heavy atom. The minimum Gasteiger partial charge on any atom is -0.450 e. The fourth-order valence-corrected chi connectivity index (χ4v) is 1.76. The quantitative estimate of drug-likeness (QED) is 0.870. The van der Waals surface area contributed by atoms with Gasteiger partial charge in [-0.2, -0.15) is 0 Å². The Kier molecular flexibility index (Phi) is 5.28. The van der Waals surface area contributed by atoms with Crippen molar-refractivity contribution in [2.24, 2.45) is 0 Å². The van der Waals surface area contributed by atoms with E-state index in [1.165, 1.54) is 11.3 Å². The first-order chi connectivity index (χ1) is 8.17. The molecule has 1 aromatic heterocycles. The number of carbonyl (C=O) groups excluding carboxylic acids is 2. The van der Waals surface area contributed by atoms with Crippen molar-refractivity contribution in [2.45, 2.75) is 13.8 Å². The van der Waals surface area contributed by atoms with E-state index >= 15 is 0 Å². The van der Waals surface area contributed by atoms with Crippen molar-refractivity contribution in [1.82, 2.24) is 0 Å². The monoisotopic (exact) mass is 258 g/mol. The van der Waals surface area contributed by atoms with Crippen LogP contribution in [0.4, 0.5) is 21.0 Å². The third-order valence-electron chi connectivity index (χ3n) is 1.69. The SMILES string of the molecule is CCOC(=O)Nc1cscc1NC(=O)OCC. The van der Waals surface area contributed by atoms with E-state index in [1.807, 2.05) is 0 Å². The van der Waals surface area contributed by atoms with E-state index in [4.69, 9.17) is 9.47 Å². The van der Waals surface area contributed by atoms with Crippen molar-refractivity contribution in [3.8, 4) is 0 Å². The Morgan fingerprint density at radius 1 is 1.06 bits per heavy atom. The summed E-state index contributed by atoms with van der Waals surface area (Å²) in [6.45, 7) is 4.00. The summed E-state index contributed by atoms with van der Waals surface area (Å²) in [7, 11) is 0. The molecule has 0 saturated heterocycles. The van der Waals surface area contributed by atoms with Gasteiger partial charge in [0.15, 0.2) is 0 Å². The van der Waals surface area contributed by atoms with Crippen LogP contribution in [-0.2, 0) is 9.47 Å². The van der Waals surface area contributed by atoms with Crippen molar-refractivity contribution >= 4 is 34.9 Å². The first kappa shape index (κ1) is 13.3. The number of ether oxygens (including phenoxy) is 2. The highest BCUT2D eigenvalue weighted by molar-refractivity contribution is 7.09. The highest BCUT2D eigenvalue weighted by atomic mass is 32.1. The molecular formula is C10H14N2O4S. The maximum absolute atomic E-state index is 11.2. The molecule has 0 aliphatic carbocycles. The van der Waals surface area contributed by atoms with Gasteiger partial charge in [-0.15, -0.1) is 11.3 Å². The molecule has 0 unspecified atom stereocenters. The maximum atomic E-state index is 11.2. The second kappa shape index (κ2) is 6.74. The first-order valence-corrected chi connectivity index (χ1v) is 6.05. The van der Waals surface area contributed by atoms with Crippen LogP contribution in [0.25, 0.3) is 0 Å². The summed E-state index contributed by atoms with van der Waals surface area (Å²) < 4.78 is 9.47. The molecule has 1 aromatic rings. The zero-order chi connectivity index (χ0) is 12.7. The van der Waals surface area contributed by atoms with Gasteiger partial charge >= 0.3 is 12.2 Å². The Labute approximate surface area is 103 Å². The molecule has 94 valence electrons. The van der Waals surface area contributed by atoms with Crippen LogP contribution in [-0.4, -0.2) is 25.4 Å². The van der Waals surface area contributed by atoms with E-state index in [9.17, 15) is 9.59 Å². The number of rotatable bonds is 4. The lowest BCUT2D eigenvalue weighted by atomic mass is 10.4. The zero-order valence-electron chi connectivity index (χ0n) is 9.61. The normalized spacial score (nSPS) is 9.53. The van der Waals surface area contributed by atoms with Gasteiger partial charge < -0.3 is 9.47 Å². The Hall–Kier alpha value is -1.76. The minimum absolute atomic E-state index is 0.288. The summed E-state index contributed by atoms with van der Waals surface area (Å²) in [5.74, 6) is 0. The lowest BCUT2D eigenvalue weighted by Gasteiger charge is -2.07. The number of hydrogen-bond acceptors (Lipinski definition) is 5. The molecule has 0 fully saturated rings. The van der Waals surface area contributed by atoms with E-state index in [1.54, 1.807) is 24.6 Å². The van der Waals surface area contributed by atoms with Crippen molar-refractivity contribution in [2.75, 3.05) is 23.8 Å². The van der Waals surface area contributed by atoms with Crippen molar-refractivity contribution in [3.05, 3.63) is 10.8 Å². The average molecular weight is 258 g/mol. The second-order valence-corrected chi connectivity index (χ2v) is 3.63. The summed E-state index contributed by atoms with van der Waals surface area (Å²) >= 11 is 1.35. The third kappa shape index (κ3) is 4.31. The fraction of sp³-hybridized carbons (Fsp3) is 0.400. The van der Waals surface area contributed by atoms with Crippen LogP contribution in [0.15, 0.2) is 10.8 Å². The highest BCUT2D eigenvalue weighted by Gasteiger charge is 2.11. The second-order valence-electron chi connectivity index (χ2n) is 2.89. The summed E-state index contributed by atoms with van der Waals surface area (Å²) in [5, 5.41) is 8.42. The van der Waals surface area contributed by atoms with E-state index < -0.39 is 12.2 Å². The Morgan fingerprint density at radius 3 is 1.82 bits per heavy atom. The van der Waals surface area contributed by atoms with E-state index in [2.05, 4.69) is 10.6 Å². The van der Waals surface area contributed by atoms with Gasteiger partial charge in [0.2, 0.25) is 0 Å². The average Bonchev–Trinajstić information content (AvgIpc) is 2.66. The molecule has 1 heterocycles. The zero-order valence-corrected chi connectivity index (χ0v) is 10.4. The molecule has 6 nitrogen and oxygen atoms in total. The van der Waals surface area contributed by atoms with Crippen molar-refractivity contribution in [3.63, 3.8) is 0 Å². The van der Waals surface area contributed by atoms with E-state index in [0.717, 1.165) is 0 Å². The molecule has 2 N–H and O–H groups in total. The summed E-state index contributed by atoms with van der Waals surface area (Å²) in [6.07, 6.45) is -1.12. The molecule has 0 aliphatic heterocycles. The predicted molar refractivity (Wildman–Crippen MR) is 65.6 cm³/mol. The first-order valence-electron chi connectivity index (χ1n) is 5.11. The van der Waals surface area contributed by atoms with Gasteiger partial charge in [0.05, 0.1) is 24.6 Å². The van der Waals surface area contributed by atoms with Crippen LogP contribution in [0.5, 0.6) is 0 Å². The topological polar surface area (TPSA) is 76.7 Å². The molecule has 0 aliphatic rings. The van der Waals surface area contributed by atoms with Crippen LogP contribution < -0.4 is 10.6 Å². The van der Waals surface area contributed by atoms with Gasteiger partial charge in [-0.1, -0.05) is 0 Å². The molecule has 0 saturated carbocycles. The third-order valence-corrected chi connectivity index (χ3v) is 2.43. The largest absolute Gasteiger partial charge is 0.450 e. The molecule has 2 amide bonds. The number of hydrogen-bond donors (Lipinski definition) is 2. The molecule has 7 heteroatoms.